The highest BCUT2D eigenvalue weighted by atomic mass is 16.7. The Balaban J connectivity index is 1.71. The van der Waals surface area contributed by atoms with Crippen LogP contribution in [-0.2, 0) is 52.1 Å². The molecule has 0 amide bonds. The first-order valence-corrected chi connectivity index (χ1v) is 19.8. The van der Waals surface area contributed by atoms with Crippen LogP contribution in [0.4, 0.5) is 0 Å². The maximum atomic E-state index is 6.06. The Bertz CT molecular complexity index is 624. The lowest BCUT2D eigenvalue weighted by molar-refractivity contribution is -0.202. The molecule has 0 aromatic rings. The Hall–Kier alpha value is -0.440. The molecule has 0 spiro atoms. The molecule has 0 radical (unpaired) electrons. The van der Waals surface area contributed by atoms with Gasteiger partial charge in [0, 0.05) is 13.2 Å². The van der Waals surface area contributed by atoms with Crippen molar-refractivity contribution < 1.29 is 52.1 Å². The summed E-state index contributed by atoms with van der Waals surface area (Å²) in [7, 11) is 0. The lowest BCUT2D eigenvalue weighted by Gasteiger charge is -2.28. The molecule has 0 aromatic heterocycles. The van der Waals surface area contributed by atoms with E-state index in [1.807, 2.05) is 0 Å². The van der Waals surface area contributed by atoms with Gasteiger partial charge >= 0.3 is 0 Å². The van der Waals surface area contributed by atoms with Crippen LogP contribution in [0.5, 0.6) is 0 Å². The fraction of sp³-hybridized carbons (Fsp3) is 1.00. The molecule has 0 aromatic carbocycles. The maximum Gasteiger partial charge on any atom is 0.158 e. The average molecular weight is 709 g/mol. The van der Waals surface area contributed by atoms with Gasteiger partial charge in [-0.2, -0.15) is 0 Å². The topological polar surface area (TPSA) is 102 Å². The van der Waals surface area contributed by atoms with Crippen LogP contribution < -0.4 is 0 Å². The zero-order valence-electron chi connectivity index (χ0n) is 31.9. The Kier molecular flexibility index (Phi) is 36.9. The van der Waals surface area contributed by atoms with E-state index in [2.05, 4.69) is 20.8 Å². The van der Waals surface area contributed by atoms with E-state index in [-0.39, 0.29) is 18.5 Å². The molecule has 3 unspecified atom stereocenters. The van der Waals surface area contributed by atoms with Gasteiger partial charge in [-0.3, -0.25) is 0 Å². The average Bonchev–Trinajstić information content (AvgIpc) is 3.13. The smallest absolute Gasteiger partial charge is 0.158 e. The summed E-state index contributed by atoms with van der Waals surface area (Å²) in [5, 5.41) is 0. The first-order chi connectivity index (χ1) is 24.3. The minimum Gasteiger partial charge on any atom is -0.379 e. The number of unbranched alkanes of at least 4 members (excludes halogenated alkanes) is 8. The second kappa shape index (κ2) is 38.8. The normalized spacial score (nSPS) is 16.3. The Morgan fingerprint density at radius 2 is 0.878 bits per heavy atom. The summed E-state index contributed by atoms with van der Waals surface area (Å²) in [5.74, 6) is 0. The van der Waals surface area contributed by atoms with Crippen molar-refractivity contribution in [1.82, 2.24) is 0 Å². The van der Waals surface area contributed by atoms with E-state index >= 15 is 0 Å². The number of hydrogen-bond donors (Lipinski definition) is 0. The van der Waals surface area contributed by atoms with Crippen LogP contribution in [0.3, 0.4) is 0 Å². The van der Waals surface area contributed by atoms with Gasteiger partial charge in [-0.1, -0.05) is 72.1 Å². The molecule has 11 nitrogen and oxygen atoms in total. The van der Waals surface area contributed by atoms with Gasteiger partial charge < -0.3 is 52.1 Å². The summed E-state index contributed by atoms with van der Waals surface area (Å²) in [5.41, 5.74) is 0. The van der Waals surface area contributed by atoms with Crippen LogP contribution >= 0.6 is 0 Å². The van der Waals surface area contributed by atoms with E-state index < -0.39 is 0 Å². The summed E-state index contributed by atoms with van der Waals surface area (Å²) in [4.78, 5) is 0. The fourth-order valence-electron chi connectivity index (χ4n) is 5.08. The second-order valence-electron chi connectivity index (χ2n) is 12.5. The highest BCUT2D eigenvalue weighted by Crippen LogP contribution is 2.17. The standard InChI is InChI=1S/C38H76O11/c1-4-7-8-9-10-11-12-13-15-18-39-20-21-40-22-23-41-24-25-42-26-27-43-28-29-44-30-31-45-32-33-46-34-36(5-2)48-35-37(6-3)49-38-17-14-16-19-47-38/h36-38H,4-35H2,1-3H3. The summed E-state index contributed by atoms with van der Waals surface area (Å²) >= 11 is 0. The monoisotopic (exact) mass is 709 g/mol. The zero-order valence-corrected chi connectivity index (χ0v) is 31.9. The third kappa shape index (κ3) is 33.2. The van der Waals surface area contributed by atoms with Crippen LogP contribution in [0.2, 0.25) is 0 Å². The molecular formula is C38H76O11. The molecule has 1 rings (SSSR count). The maximum absolute atomic E-state index is 6.06. The van der Waals surface area contributed by atoms with Gasteiger partial charge in [0.2, 0.25) is 0 Å². The second-order valence-corrected chi connectivity index (χ2v) is 12.5. The van der Waals surface area contributed by atoms with Gasteiger partial charge in [0.1, 0.15) is 0 Å². The number of ether oxygens (including phenoxy) is 11. The molecule has 1 saturated heterocycles. The quantitative estimate of drug-likeness (QED) is 0.0631. The van der Waals surface area contributed by atoms with Crippen molar-refractivity contribution in [2.45, 2.75) is 129 Å². The molecule has 294 valence electrons. The minimum absolute atomic E-state index is 0.0480. The van der Waals surface area contributed by atoms with Gasteiger partial charge in [-0.15, -0.1) is 0 Å². The lowest BCUT2D eigenvalue weighted by Crippen LogP contribution is -2.32. The van der Waals surface area contributed by atoms with E-state index in [4.69, 9.17) is 52.1 Å². The van der Waals surface area contributed by atoms with E-state index in [1.54, 1.807) is 0 Å². The van der Waals surface area contributed by atoms with Crippen LogP contribution in [0.25, 0.3) is 0 Å². The van der Waals surface area contributed by atoms with Gasteiger partial charge in [0.05, 0.1) is 118 Å². The fourth-order valence-corrected chi connectivity index (χ4v) is 5.08. The third-order valence-corrected chi connectivity index (χ3v) is 8.21. The van der Waals surface area contributed by atoms with Crippen molar-refractivity contribution in [3.05, 3.63) is 0 Å². The highest BCUT2D eigenvalue weighted by Gasteiger charge is 2.20. The highest BCUT2D eigenvalue weighted by molar-refractivity contribution is 4.62. The predicted molar refractivity (Wildman–Crippen MR) is 193 cm³/mol. The number of hydrogen-bond acceptors (Lipinski definition) is 11. The first-order valence-electron chi connectivity index (χ1n) is 19.8. The summed E-state index contributed by atoms with van der Waals surface area (Å²) in [6, 6.07) is 0. The van der Waals surface area contributed by atoms with Crippen LogP contribution in [-0.4, -0.2) is 137 Å². The molecule has 0 N–H and O–H groups in total. The zero-order chi connectivity index (χ0) is 35.1. The van der Waals surface area contributed by atoms with Crippen LogP contribution in [0, 0.1) is 0 Å². The molecule has 11 heteroatoms. The Labute approximate surface area is 299 Å². The van der Waals surface area contributed by atoms with Gasteiger partial charge in [0.25, 0.3) is 0 Å². The van der Waals surface area contributed by atoms with Crippen molar-refractivity contribution in [3.63, 3.8) is 0 Å². The predicted octanol–water partition coefficient (Wildman–Crippen LogP) is 6.77. The Morgan fingerprint density at radius 3 is 1.31 bits per heavy atom. The third-order valence-electron chi connectivity index (χ3n) is 8.21. The van der Waals surface area contributed by atoms with Gasteiger partial charge in [-0.05, 0) is 38.5 Å². The SMILES string of the molecule is CCCCCCCCCCCOCCOCCOCCOCCOCCOCCOCCOCC(CC)OCC(CC)OC1CCCCO1. The van der Waals surface area contributed by atoms with E-state index in [0.29, 0.717) is 106 Å². The molecule has 0 aliphatic carbocycles. The number of rotatable bonds is 40. The van der Waals surface area contributed by atoms with Crippen molar-refractivity contribution in [3.8, 4) is 0 Å². The molecule has 1 heterocycles. The largest absolute Gasteiger partial charge is 0.379 e. The van der Waals surface area contributed by atoms with Gasteiger partial charge in [0.15, 0.2) is 6.29 Å². The van der Waals surface area contributed by atoms with E-state index in [0.717, 1.165) is 51.7 Å². The van der Waals surface area contributed by atoms with Gasteiger partial charge in [-0.25, -0.2) is 0 Å². The first kappa shape index (κ1) is 46.6. The van der Waals surface area contributed by atoms with Crippen molar-refractivity contribution in [2.24, 2.45) is 0 Å². The molecule has 1 fully saturated rings. The van der Waals surface area contributed by atoms with E-state index in [1.165, 1.54) is 51.4 Å². The van der Waals surface area contributed by atoms with Crippen LogP contribution in [0.1, 0.15) is 111 Å². The van der Waals surface area contributed by atoms with Crippen molar-refractivity contribution >= 4 is 0 Å². The van der Waals surface area contributed by atoms with E-state index in [9.17, 15) is 0 Å². The van der Waals surface area contributed by atoms with Crippen molar-refractivity contribution in [2.75, 3.05) is 119 Å². The molecular weight excluding hydrogens is 632 g/mol. The molecule has 1 aliphatic rings. The Morgan fingerprint density at radius 1 is 0.449 bits per heavy atom. The molecule has 0 bridgehead atoms. The molecule has 3 atom stereocenters. The van der Waals surface area contributed by atoms with Crippen LogP contribution in [0.15, 0.2) is 0 Å². The van der Waals surface area contributed by atoms with Crippen molar-refractivity contribution in [1.29, 1.82) is 0 Å². The molecule has 0 saturated carbocycles. The molecule has 1 aliphatic heterocycles. The lowest BCUT2D eigenvalue weighted by atomic mass is 10.1. The minimum atomic E-state index is -0.0879. The summed E-state index contributed by atoms with van der Waals surface area (Å²) < 4.78 is 62.5. The summed E-state index contributed by atoms with van der Waals surface area (Å²) in [6.07, 6.45) is 17.0. The molecule has 49 heavy (non-hydrogen) atoms. The summed E-state index contributed by atoms with van der Waals surface area (Å²) in [6.45, 7) is 16.9.